The maximum atomic E-state index is 12.7. The molecule has 1 unspecified atom stereocenters. The van der Waals surface area contributed by atoms with E-state index in [2.05, 4.69) is 0 Å². The summed E-state index contributed by atoms with van der Waals surface area (Å²) in [5.74, 6) is 0. The van der Waals surface area contributed by atoms with Crippen molar-refractivity contribution in [3.8, 4) is 0 Å². The lowest BCUT2D eigenvalue weighted by Gasteiger charge is -2.21. The molecule has 1 saturated heterocycles. The Kier molecular flexibility index (Phi) is 5.18. The van der Waals surface area contributed by atoms with Crippen LogP contribution in [-0.2, 0) is 10.0 Å². The van der Waals surface area contributed by atoms with Crippen LogP contribution in [0.1, 0.15) is 12.8 Å². The second-order valence-corrected chi connectivity index (χ2v) is 8.53. The molecule has 1 aromatic carbocycles. The molecule has 0 spiro atoms. The highest BCUT2D eigenvalue weighted by Crippen LogP contribution is 2.34. The second kappa shape index (κ2) is 6.40. The molecule has 4 nitrogen and oxygen atoms in total. The average Bonchev–Trinajstić information content (AvgIpc) is 3.04. The molecule has 21 heavy (non-hydrogen) atoms. The Morgan fingerprint density at radius 2 is 2.14 bits per heavy atom. The van der Waals surface area contributed by atoms with Gasteiger partial charge in [-0.3, -0.25) is 0 Å². The fourth-order valence-corrected chi connectivity index (χ4v) is 5.99. The van der Waals surface area contributed by atoms with Gasteiger partial charge in [-0.25, -0.2) is 8.42 Å². The van der Waals surface area contributed by atoms with Gasteiger partial charge >= 0.3 is 0 Å². The Hall–Kier alpha value is -0.370. The van der Waals surface area contributed by atoms with Crippen molar-refractivity contribution in [1.29, 1.82) is 0 Å². The van der Waals surface area contributed by atoms with Gasteiger partial charge in [0, 0.05) is 28.9 Å². The Bertz CT molecular complexity index is 746. The second-order valence-electron chi connectivity index (χ2n) is 4.90. The molecule has 1 aromatic heterocycles. The molecule has 1 atom stereocenters. The summed E-state index contributed by atoms with van der Waals surface area (Å²) in [6, 6.07) is 7.04. The van der Waals surface area contributed by atoms with Gasteiger partial charge in [0.1, 0.15) is 4.21 Å². The zero-order valence-electron chi connectivity index (χ0n) is 11.2. The number of fused-ring (bicyclic) bond motifs is 1. The average molecular weight is 367 g/mol. The van der Waals surface area contributed by atoms with Crippen molar-refractivity contribution in [3.05, 3.63) is 29.3 Å². The largest absolute Gasteiger partial charge is 0.329 e. The molecule has 1 fully saturated rings. The number of thiophene rings is 1. The molecule has 116 valence electrons. The number of nitrogens with zero attached hydrogens (tertiary/aromatic N) is 1. The van der Waals surface area contributed by atoms with Crippen molar-refractivity contribution in [1.82, 2.24) is 4.31 Å². The van der Waals surface area contributed by atoms with Gasteiger partial charge in [-0.05, 0) is 42.5 Å². The van der Waals surface area contributed by atoms with Gasteiger partial charge in [0.2, 0.25) is 0 Å². The van der Waals surface area contributed by atoms with E-state index < -0.39 is 10.0 Å². The lowest BCUT2D eigenvalue weighted by atomic mass is 10.2. The van der Waals surface area contributed by atoms with Crippen LogP contribution in [0.25, 0.3) is 10.1 Å². The molecule has 0 bridgehead atoms. The molecule has 0 saturated carbocycles. The number of rotatable bonds is 3. The van der Waals surface area contributed by atoms with Crippen molar-refractivity contribution in [2.45, 2.75) is 23.1 Å². The van der Waals surface area contributed by atoms with E-state index in [-0.39, 0.29) is 18.4 Å². The summed E-state index contributed by atoms with van der Waals surface area (Å²) < 4.78 is 28.3. The van der Waals surface area contributed by atoms with Crippen molar-refractivity contribution in [3.63, 3.8) is 0 Å². The summed E-state index contributed by atoms with van der Waals surface area (Å²) in [5, 5.41) is 1.48. The first-order chi connectivity index (χ1) is 9.52. The molecule has 3 rings (SSSR count). The Balaban J connectivity index is 0.00000161. The standard InChI is InChI=1S/C13H15ClN2O2S2.ClH/c14-10-3-4-12-9(6-10)7-13(19-12)20(17,18)16-5-1-2-11(16)8-15;/h3-4,6-7,11H,1-2,5,8,15H2;1H. The first-order valence-corrected chi connectivity index (χ1v) is 9.07. The number of hydrogen-bond acceptors (Lipinski definition) is 4. The van der Waals surface area contributed by atoms with Crippen molar-refractivity contribution in [2.24, 2.45) is 5.73 Å². The molecule has 1 aliphatic rings. The Morgan fingerprint density at radius 1 is 1.38 bits per heavy atom. The first kappa shape index (κ1) is 17.0. The van der Waals surface area contributed by atoms with Crippen LogP contribution in [0.4, 0.5) is 0 Å². The predicted molar refractivity (Wildman–Crippen MR) is 90.1 cm³/mol. The van der Waals surface area contributed by atoms with E-state index in [1.54, 1.807) is 22.5 Å². The summed E-state index contributed by atoms with van der Waals surface area (Å²) in [4.78, 5) is 0. The van der Waals surface area contributed by atoms with Crippen LogP contribution < -0.4 is 5.73 Å². The fraction of sp³-hybridized carbons (Fsp3) is 0.385. The minimum atomic E-state index is -3.45. The van der Waals surface area contributed by atoms with E-state index in [0.29, 0.717) is 22.3 Å². The van der Waals surface area contributed by atoms with Gasteiger partial charge < -0.3 is 5.73 Å². The lowest BCUT2D eigenvalue weighted by Crippen LogP contribution is -2.39. The van der Waals surface area contributed by atoms with Gasteiger partial charge in [0.25, 0.3) is 10.0 Å². The molecule has 8 heteroatoms. The SMILES string of the molecule is Cl.NCC1CCCN1S(=O)(=O)c1cc2cc(Cl)ccc2s1. The maximum absolute atomic E-state index is 12.7. The van der Waals surface area contributed by atoms with E-state index in [1.165, 1.54) is 11.3 Å². The van der Waals surface area contributed by atoms with Crippen LogP contribution in [0.3, 0.4) is 0 Å². The van der Waals surface area contributed by atoms with E-state index >= 15 is 0 Å². The van der Waals surface area contributed by atoms with Crippen LogP contribution in [-0.4, -0.2) is 31.9 Å². The minimum absolute atomic E-state index is 0. The summed E-state index contributed by atoms with van der Waals surface area (Å²) in [5.41, 5.74) is 5.67. The zero-order chi connectivity index (χ0) is 14.3. The third kappa shape index (κ3) is 3.06. The minimum Gasteiger partial charge on any atom is -0.329 e. The number of nitrogens with two attached hydrogens (primary N) is 1. The van der Waals surface area contributed by atoms with Crippen molar-refractivity contribution < 1.29 is 8.42 Å². The van der Waals surface area contributed by atoms with Crippen LogP contribution in [0.15, 0.2) is 28.5 Å². The lowest BCUT2D eigenvalue weighted by molar-refractivity contribution is 0.394. The Morgan fingerprint density at radius 3 is 2.86 bits per heavy atom. The predicted octanol–water partition coefficient (Wildman–Crippen LogP) is 3.09. The summed E-state index contributed by atoms with van der Waals surface area (Å²) in [6.45, 7) is 0.926. The highest BCUT2D eigenvalue weighted by molar-refractivity contribution is 7.91. The topological polar surface area (TPSA) is 63.4 Å². The van der Waals surface area contributed by atoms with Gasteiger partial charge in [0.15, 0.2) is 0 Å². The third-order valence-corrected chi connectivity index (χ3v) is 7.37. The summed E-state index contributed by atoms with van der Waals surface area (Å²) in [6.07, 6.45) is 1.71. The van der Waals surface area contributed by atoms with E-state index in [4.69, 9.17) is 17.3 Å². The van der Waals surface area contributed by atoms with Gasteiger partial charge in [0.05, 0.1) is 0 Å². The first-order valence-electron chi connectivity index (χ1n) is 6.43. The molecule has 2 heterocycles. The number of benzene rings is 1. The summed E-state index contributed by atoms with van der Waals surface area (Å²) >= 11 is 7.23. The molecule has 2 N–H and O–H groups in total. The van der Waals surface area contributed by atoms with Crippen LogP contribution in [0.2, 0.25) is 5.02 Å². The Labute approximate surface area is 139 Å². The number of halogens is 2. The van der Waals surface area contributed by atoms with Crippen molar-refractivity contribution in [2.75, 3.05) is 13.1 Å². The van der Waals surface area contributed by atoms with Crippen LogP contribution >= 0.6 is 35.3 Å². The molecule has 0 amide bonds. The number of sulfonamides is 1. The smallest absolute Gasteiger partial charge is 0.252 e. The molecule has 1 aliphatic heterocycles. The maximum Gasteiger partial charge on any atom is 0.252 e. The molecule has 0 radical (unpaired) electrons. The van der Waals surface area contributed by atoms with Crippen LogP contribution in [0, 0.1) is 0 Å². The molecule has 0 aliphatic carbocycles. The number of hydrogen-bond donors (Lipinski definition) is 1. The van der Waals surface area contributed by atoms with Crippen LogP contribution in [0.5, 0.6) is 0 Å². The van der Waals surface area contributed by atoms with Crippen molar-refractivity contribution >= 4 is 55.5 Å². The molecular formula is C13H16Cl2N2O2S2. The van der Waals surface area contributed by atoms with E-state index in [0.717, 1.165) is 22.9 Å². The summed E-state index contributed by atoms with van der Waals surface area (Å²) in [7, 11) is -3.45. The normalized spacial score (nSPS) is 19.8. The highest BCUT2D eigenvalue weighted by atomic mass is 35.5. The van der Waals surface area contributed by atoms with Gasteiger partial charge in [-0.1, -0.05) is 11.6 Å². The zero-order valence-corrected chi connectivity index (χ0v) is 14.4. The van der Waals surface area contributed by atoms with E-state index in [1.807, 2.05) is 6.07 Å². The quantitative estimate of drug-likeness (QED) is 0.907. The highest BCUT2D eigenvalue weighted by Gasteiger charge is 2.35. The van der Waals surface area contributed by atoms with Gasteiger partial charge in [-0.2, -0.15) is 4.31 Å². The van der Waals surface area contributed by atoms with Gasteiger partial charge in [-0.15, -0.1) is 23.7 Å². The van der Waals surface area contributed by atoms with E-state index in [9.17, 15) is 8.42 Å². The monoisotopic (exact) mass is 366 g/mol. The molecule has 2 aromatic rings. The third-order valence-electron chi connectivity index (χ3n) is 3.61. The fourth-order valence-electron chi connectivity index (χ4n) is 2.59. The molecular weight excluding hydrogens is 351 g/mol.